The number of sulfonamides is 1. The Kier molecular flexibility index (Phi) is 8.17. The zero-order chi connectivity index (χ0) is 27.4. The molecule has 1 N–H and O–H groups in total. The van der Waals surface area contributed by atoms with Crippen molar-refractivity contribution in [1.29, 1.82) is 0 Å². The Labute approximate surface area is 223 Å². The molecule has 202 valence electrons. The second-order valence-electron chi connectivity index (χ2n) is 9.31. The minimum Gasteiger partial charge on any atom is -0.497 e. The first-order valence-corrected chi connectivity index (χ1v) is 13.7. The number of hydrogen-bond donors (Lipinski definition) is 1. The van der Waals surface area contributed by atoms with E-state index in [0.29, 0.717) is 29.8 Å². The van der Waals surface area contributed by atoms with Crippen molar-refractivity contribution < 1.29 is 22.4 Å². The van der Waals surface area contributed by atoms with E-state index < -0.39 is 10.0 Å². The van der Waals surface area contributed by atoms with Crippen molar-refractivity contribution in [2.75, 3.05) is 40.8 Å². The first kappa shape index (κ1) is 27.3. The number of amides is 1. The number of ether oxygens (including phenoxy) is 1. The predicted molar refractivity (Wildman–Crippen MR) is 144 cm³/mol. The van der Waals surface area contributed by atoms with Crippen LogP contribution in [0.4, 0.5) is 0 Å². The maximum absolute atomic E-state index is 13.3. The molecule has 1 amide bonds. The van der Waals surface area contributed by atoms with E-state index in [1.165, 1.54) is 20.4 Å². The zero-order valence-corrected chi connectivity index (χ0v) is 23.1. The highest BCUT2D eigenvalue weighted by Crippen LogP contribution is 2.28. The minimum absolute atomic E-state index is 0.116. The highest BCUT2D eigenvalue weighted by molar-refractivity contribution is 7.89. The van der Waals surface area contributed by atoms with Gasteiger partial charge in [0.15, 0.2) is 5.69 Å². The molecule has 0 saturated heterocycles. The molecule has 0 spiro atoms. The van der Waals surface area contributed by atoms with Crippen molar-refractivity contribution in [2.45, 2.75) is 31.7 Å². The number of methoxy groups -OCH3 is 1. The van der Waals surface area contributed by atoms with Crippen molar-refractivity contribution in [1.82, 2.24) is 19.5 Å². The molecular formula is C27H33N5O5S. The fourth-order valence-electron chi connectivity index (χ4n) is 4.41. The Morgan fingerprint density at radius 2 is 1.89 bits per heavy atom. The molecule has 4 rings (SSSR count). The fraction of sp³-hybridized carbons (Fsp3) is 0.370. The number of hydrogen-bond acceptors (Lipinski definition) is 8. The molecule has 0 saturated carbocycles. The lowest BCUT2D eigenvalue weighted by Crippen LogP contribution is -2.30. The summed E-state index contributed by atoms with van der Waals surface area (Å²) in [6, 6.07) is 11.5. The average molecular weight is 540 g/mol. The second-order valence-corrected chi connectivity index (χ2v) is 11.3. The van der Waals surface area contributed by atoms with Crippen LogP contribution < -0.4 is 10.1 Å². The largest absolute Gasteiger partial charge is 0.497 e. The zero-order valence-electron chi connectivity index (χ0n) is 22.3. The maximum atomic E-state index is 13.3. The van der Waals surface area contributed by atoms with E-state index in [9.17, 15) is 13.2 Å². The fourth-order valence-corrected chi connectivity index (χ4v) is 5.93. The SMILES string of the molecule is COc1cc(C)c(S(=O)(=O)N(C)Cc2nc(C(=O)N(C)CCc3cccc(C4=NCCN4)c3)co2)c(C)c1. The molecular weight excluding hydrogens is 506 g/mol. The number of benzene rings is 2. The summed E-state index contributed by atoms with van der Waals surface area (Å²) in [6.07, 6.45) is 1.93. The topological polar surface area (TPSA) is 117 Å². The first-order chi connectivity index (χ1) is 18.1. The van der Waals surface area contributed by atoms with Crippen LogP contribution in [0.5, 0.6) is 5.75 Å². The third kappa shape index (κ3) is 5.89. The minimum atomic E-state index is -3.83. The van der Waals surface area contributed by atoms with E-state index in [0.717, 1.165) is 34.4 Å². The van der Waals surface area contributed by atoms with Crippen LogP contribution >= 0.6 is 0 Å². The van der Waals surface area contributed by atoms with Crippen molar-refractivity contribution in [3.05, 3.63) is 76.5 Å². The maximum Gasteiger partial charge on any atom is 0.275 e. The summed E-state index contributed by atoms with van der Waals surface area (Å²) < 4.78 is 38.4. The number of aromatic nitrogens is 1. The Morgan fingerprint density at radius 3 is 2.55 bits per heavy atom. The number of nitrogens with zero attached hydrogens (tertiary/aromatic N) is 4. The van der Waals surface area contributed by atoms with Gasteiger partial charge in [0.1, 0.15) is 17.8 Å². The van der Waals surface area contributed by atoms with Crippen molar-refractivity contribution in [2.24, 2.45) is 4.99 Å². The number of oxazole rings is 1. The highest BCUT2D eigenvalue weighted by atomic mass is 32.2. The molecule has 0 aliphatic carbocycles. The third-order valence-corrected chi connectivity index (χ3v) is 8.53. The molecule has 1 aromatic heterocycles. The summed E-state index contributed by atoms with van der Waals surface area (Å²) in [7, 11) is 0.866. The molecule has 3 aromatic rings. The molecule has 0 unspecified atom stereocenters. The molecule has 0 fully saturated rings. The van der Waals surface area contributed by atoms with Gasteiger partial charge >= 0.3 is 0 Å². The molecule has 0 bridgehead atoms. The Bertz CT molecular complexity index is 1440. The lowest BCUT2D eigenvalue weighted by Gasteiger charge is -2.19. The molecule has 2 heterocycles. The van der Waals surface area contributed by atoms with Gasteiger partial charge in [0.25, 0.3) is 5.91 Å². The number of aryl methyl sites for hydroxylation is 2. The Hall–Kier alpha value is -3.70. The average Bonchev–Trinajstić information content (AvgIpc) is 3.59. The van der Waals surface area contributed by atoms with Crippen molar-refractivity contribution >= 4 is 21.8 Å². The molecule has 0 radical (unpaired) electrons. The van der Waals surface area contributed by atoms with Crippen LogP contribution in [-0.2, 0) is 23.0 Å². The van der Waals surface area contributed by atoms with Gasteiger partial charge < -0.3 is 19.4 Å². The smallest absolute Gasteiger partial charge is 0.275 e. The van der Waals surface area contributed by atoms with Crippen LogP contribution in [0.15, 0.2) is 57.0 Å². The van der Waals surface area contributed by atoms with Crippen LogP contribution in [0.1, 0.15) is 38.6 Å². The lowest BCUT2D eigenvalue weighted by molar-refractivity contribution is 0.0790. The standard InChI is InChI=1S/C27H33N5O5S/c1-18-13-22(36-5)14-19(2)25(18)38(34,35)32(4)16-24-30-23(17-37-24)27(33)31(3)12-9-20-7-6-8-21(15-20)26-28-10-11-29-26/h6-8,13-15,17H,9-12,16H2,1-5H3,(H,28,29). The molecule has 0 atom stereocenters. The molecule has 10 nitrogen and oxygen atoms in total. The normalized spacial score (nSPS) is 13.4. The number of aliphatic imine (C=N–C) groups is 1. The van der Waals surface area contributed by atoms with E-state index >= 15 is 0 Å². The van der Waals surface area contributed by atoms with E-state index in [4.69, 9.17) is 9.15 Å². The van der Waals surface area contributed by atoms with E-state index in [2.05, 4.69) is 21.4 Å². The van der Waals surface area contributed by atoms with Gasteiger partial charge in [-0.25, -0.2) is 13.4 Å². The predicted octanol–water partition coefficient (Wildman–Crippen LogP) is 2.79. The van der Waals surface area contributed by atoms with E-state index in [-0.39, 0.29) is 28.9 Å². The summed E-state index contributed by atoms with van der Waals surface area (Å²) in [4.78, 5) is 23.4. The summed E-state index contributed by atoms with van der Waals surface area (Å²) >= 11 is 0. The quantitative estimate of drug-likeness (QED) is 0.421. The summed E-state index contributed by atoms with van der Waals surface area (Å²) in [5.74, 6) is 1.32. The highest BCUT2D eigenvalue weighted by Gasteiger charge is 2.27. The van der Waals surface area contributed by atoms with Gasteiger partial charge in [-0.05, 0) is 55.2 Å². The van der Waals surface area contributed by atoms with Gasteiger partial charge in [0.2, 0.25) is 15.9 Å². The monoisotopic (exact) mass is 539 g/mol. The van der Waals surface area contributed by atoms with Gasteiger partial charge in [0, 0.05) is 32.7 Å². The van der Waals surface area contributed by atoms with Gasteiger partial charge in [-0.3, -0.25) is 9.79 Å². The number of carbonyl (C=O) groups is 1. The van der Waals surface area contributed by atoms with Crippen molar-refractivity contribution in [3.63, 3.8) is 0 Å². The van der Waals surface area contributed by atoms with E-state index in [1.54, 1.807) is 37.9 Å². The molecule has 2 aromatic carbocycles. The van der Waals surface area contributed by atoms with Crippen molar-refractivity contribution in [3.8, 4) is 5.75 Å². The number of carbonyl (C=O) groups excluding carboxylic acids is 1. The van der Waals surface area contributed by atoms with Crippen LogP contribution in [0.3, 0.4) is 0 Å². The Morgan fingerprint density at radius 1 is 1.16 bits per heavy atom. The van der Waals surface area contributed by atoms with Crippen LogP contribution in [-0.4, -0.2) is 75.2 Å². The number of nitrogens with one attached hydrogen (secondary N) is 1. The van der Waals surface area contributed by atoms with Gasteiger partial charge in [-0.1, -0.05) is 18.2 Å². The molecule has 1 aliphatic rings. The van der Waals surface area contributed by atoms with Crippen LogP contribution in [0.2, 0.25) is 0 Å². The Balaban J connectivity index is 1.39. The van der Waals surface area contributed by atoms with Crippen LogP contribution in [0.25, 0.3) is 0 Å². The summed E-state index contributed by atoms with van der Waals surface area (Å²) in [6.45, 7) is 5.44. The second kappa shape index (κ2) is 11.4. The summed E-state index contributed by atoms with van der Waals surface area (Å²) in [5, 5.41) is 3.27. The van der Waals surface area contributed by atoms with E-state index in [1.807, 2.05) is 18.2 Å². The third-order valence-electron chi connectivity index (χ3n) is 6.42. The number of rotatable bonds is 10. The number of likely N-dealkylation sites (N-methyl/N-ethyl adjacent to an activating group) is 1. The first-order valence-electron chi connectivity index (χ1n) is 12.3. The number of amidine groups is 1. The van der Waals surface area contributed by atoms with Crippen LogP contribution in [0, 0.1) is 13.8 Å². The molecule has 1 aliphatic heterocycles. The summed E-state index contributed by atoms with van der Waals surface area (Å²) in [5.41, 5.74) is 3.42. The van der Waals surface area contributed by atoms with Gasteiger partial charge in [-0.2, -0.15) is 4.31 Å². The van der Waals surface area contributed by atoms with Gasteiger partial charge in [0.05, 0.1) is 25.1 Å². The lowest BCUT2D eigenvalue weighted by atomic mass is 10.1. The molecule has 38 heavy (non-hydrogen) atoms. The van der Waals surface area contributed by atoms with Gasteiger partial charge in [-0.15, -0.1) is 0 Å². The molecule has 11 heteroatoms.